The van der Waals surface area contributed by atoms with Gasteiger partial charge < -0.3 is 34.3 Å². The van der Waals surface area contributed by atoms with Crippen LogP contribution in [-0.2, 0) is 28.5 Å². The average Bonchev–Trinajstić information content (AvgIpc) is 2.91. The van der Waals surface area contributed by atoms with Gasteiger partial charge in [0.2, 0.25) is 5.91 Å². The molecule has 0 radical (unpaired) electrons. The topological polar surface area (TPSA) is 104 Å². The van der Waals surface area contributed by atoms with Crippen molar-refractivity contribution in [2.45, 2.75) is 97.5 Å². The lowest BCUT2D eigenvalue weighted by molar-refractivity contribution is -0.122. The second-order valence-electron chi connectivity index (χ2n) is 8.90. The van der Waals surface area contributed by atoms with Crippen molar-refractivity contribution in [1.29, 1.82) is 0 Å². The third kappa shape index (κ3) is 25.9. The lowest BCUT2D eigenvalue weighted by Crippen LogP contribution is -2.31. The normalized spacial score (nSPS) is 15.9. The molecule has 0 heterocycles. The minimum atomic E-state index is -0.373. The molecule has 1 unspecified atom stereocenters. The molecule has 0 bridgehead atoms. The highest BCUT2D eigenvalue weighted by Gasteiger charge is 2.14. The molecule has 0 aromatic carbocycles. The number of carbonyl (C=O) groups is 2. The Morgan fingerprint density at radius 2 is 1.32 bits per heavy atom. The zero-order chi connectivity index (χ0) is 27.9. The molecule has 9 nitrogen and oxygen atoms in total. The number of hydrogen-bond donors (Lipinski definition) is 2. The molecule has 1 atom stereocenters. The van der Waals surface area contributed by atoms with Gasteiger partial charge in [-0.05, 0) is 38.5 Å². The van der Waals surface area contributed by atoms with Crippen LogP contribution in [0, 0.1) is 0 Å². The van der Waals surface area contributed by atoms with E-state index in [4.69, 9.17) is 23.7 Å². The number of nitrogens with one attached hydrogen (secondary N) is 2. The molecule has 0 aliphatic heterocycles. The molecular weight excluding hydrogens is 488 g/mol. The Labute approximate surface area is 231 Å². The van der Waals surface area contributed by atoms with Crippen LogP contribution in [0.2, 0.25) is 0 Å². The van der Waals surface area contributed by atoms with E-state index in [0.717, 1.165) is 45.1 Å². The summed E-state index contributed by atoms with van der Waals surface area (Å²) in [7, 11) is 0. The third-order valence-corrected chi connectivity index (χ3v) is 5.70. The van der Waals surface area contributed by atoms with E-state index in [2.05, 4.69) is 29.7 Å². The summed E-state index contributed by atoms with van der Waals surface area (Å²) in [6, 6.07) is 0. The van der Waals surface area contributed by atoms with Gasteiger partial charge in [0, 0.05) is 19.5 Å². The molecule has 2 amide bonds. The lowest BCUT2D eigenvalue weighted by atomic mass is 10.0. The number of alkyl carbamates (subject to hydrolysis) is 1. The average molecular weight is 545 g/mol. The Morgan fingerprint density at radius 1 is 0.711 bits per heavy atom. The highest BCUT2D eigenvalue weighted by atomic mass is 16.6. The van der Waals surface area contributed by atoms with Gasteiger partial charge in [-0.2, -0.15) is 0 Å². The molecule has 0 saturated carbocycles. The van der Waals surface area contributed by atoms with Crippen molar-refractivity contribution < 1.29 is 33.3 Å². The Hall–Kier alpha value is -1.68. The first-order chi connectivity index (χ1) is 18.7. The third-order valence-electron chi connectivity index (χ3n) is 5.70. The van der Waals surface area contributed by atoms with Crippen LogP contribution >= 0.6 is 0 Å². The number of unbranched alkanes of at least 4 members (excludes halogenated alkanes) is 4. The zero-order valence-corrected chi connectivity index (χ0v) is 24.4. The van der Waals surface area contributed by atoms with Gasteiger partial charge >= 0.3 is 6.09 Å². The molecule has 0 aromatic heterocycles. The van der Waals surface area contributed by atoms with Crippen molar-refractivity contribution in [2.24, 2.45) is 0 Å². The Bertz CT molecular complexity index is 561. The molecule has 0 saturated heterocycles. The molecule has 38 heavy (non-hydrogen) atoms. The largest absolute Gasteiger partial charge is 0.446 e. The van der Waals surface area contributed by atoms with E-state index in [0.29, 0.717) is 65.8 Å². The Morgan fingerprint density at radius 3 is 2.00 bits per heavy atom. The summed E-state index contributed by atoms with van der Waals surface area (Å²) in [5.74, 6) is 0.0424. The highest BCUT2D eigenvalue weighted by molar-refractivity contribution is 5.75. The molecule has 0 spiro atoms. The predicted octanol–water partition coefficient (Wildman–Crippen LogP) is 5.17. The lowest BCUT2D eigenvalue weighted by Gasteiger charge is -2.18. The van der Waals surface area contributed by atoms with E-state index in [-0.39, 0.29) is 18.1 Å². The summed E-state index contributed by atoms with van der Waals surface area (Å²) in [4.78, 5) is 23.6. The highest BCUT2D eigenvalue weighted by Crippen LogP contribution is 2.15. The monoisotopic (exact) mass is 544 g/mol. The van der Waals surface area contributed by atoms with Crippen molar-refractivity contribution in [3.05, 3.63) is 12.2 Å². The van der Waals surface area contributed by atoms with Crippen molar-refractivity contribution in [3.8, 4) is 0 Å². The van der Waals surface area contributed by atoms with Crippen LogP contribution in [0.5, 0.6) is 0 Å². The van der Waals surface area contributed by atoms with Crippen LogP contribution in [-0.4, -0.2) is 84.0 Å². The molecule has 224 valence electrons. The maximum absolute atomic E-state index is 11.9. The summed E-state index contributed by atoms with van der Waals surface area (Å²) in [6.07, 6.45) is 15.2. The van der Waals surface area contributed by atoms with Crippen molar-refractivity contribution in [2.75, 3.05) is 65.9 Å². The van der Waals surface area contributed by atoms with Crippen LogP contribution in [0.15, 0.2) is 12.2 Å². The standard InChI is InChI=1S/C27H50N2O7.C2H6/c1-2-3-4-8-11-15-28-26(30)14-17-32-19-21-34-23-24-35-22-20-33-18-16-29-27(31)36-25-12-9-6-5-7-10-13-25;1-2/h5-6,25H,2-4,7-24H2,1H3,(H,28,30)(H,29,31);1-2H3/b6-5+;. The summed E-state index contributed by atoms with van der Waals surface area (Å²) < 4.78 is 27.2. The van der Waals surface area contributed by atoms with Gasteiger partial charge in [-0.15, -0.1) is 0 Å². The summed E-state index contributed by atoms with van der Waals surface area (Å²) >= 11 is 0. The minimum absolute atomic E-state index is 0.000679. The fourth-order valence-electron chi connectivity index (χ4n) is 3.63. The number of carbonyl (C=O) groups excluding carboxylic acids is 2. The molecule has 9 heteroatoms. The summed E-state index contributed by atoms with van der Waals surface area (Å²) in [5, 5.41) is 5.66. The van der Waals surface area contributed by atoms with Gasteiger partial charge in [-0.1, -0.05) is 58.6 Å². The summed E-state index contributed by atoms with van der Waals surface area (Å²) in [6.45, 7) is 11.0. The first-order valence-electron chi connectivity index (χ1n) is 14.9. The zero-order valence-electron chi connectivity index (χ0n) is 24.4. The summed E-state index contributed by atoms with van der Waals surface area (Å²) in [5.41, 5.74) is 0. The minimum Gasteiger partial charge on any atom is -0.446 e. The molecule has 1 rings (SSSR count). The SMILES string of the molecule is CC.CCCCCCCNC(=O)CCOCCOCCOCCOCCNC(=O)OC1CC/C=C/CCC1. The molecule has 1 aliphatic rings. The fourth-order valence-corrected chi connectivity index (χ4v) is 3.63. The number of allylic oxidation sites excluding steroid dienone is 2. The molecule has 1 aliphatic carbocycles. The molecule has 0 aromatic rings. The van der Waals surface area contributed by atoms with Crippen LogP contribution in [0.25, 0.3) is 0 Å². The van der Waals surface area contributed by atoms with Crippen molar-refractivity contribution in [3.63, 3.8) is 0 Å². The number of ether oxygens (including phenoxy) is 5. The van der Waals surface area contributed by atoms with Gasteiger partial charge in [0.1, 0.15) is 6.10 Å². The van der Waals surface area contributed by atoms with E-state index >= 15 is 0 Å². The smallest absolute Gasteiger partial charge is 0.407 e. The molecule has 0 fully saturated rings. The number of amides is 2. The van der Waals surface area contributed by atoms with E-state index < -0.39 is 0 Å². The van der Waals surface area contributed by atoms with E-state index in [1.54, 1.807) is 0 Å². The fraction of sp³-hybridized carbons (Fsp3) is 0.862. The van der Waals surface area contributed by atoms with Crippen molar-refractivity contribution >= 4 is 12.0 Å². The Balaban J connectivity index is 0.00000667. The van der Waals surface area contributed by atoms with Crippen molar-refractivity contribution in [1.82, 2.24) is 10.6 Å². The van der Waals surface area contributed by atoms with Crippen LogP contribution < -0.4 is 10.6 Å². The van der Waals surface area contributed by atoms with Crippen LogP contribution in [0.3, 0.4) is 0 Å². The van der Waals surface area contributed by atoms with Gasteiger partial charge in [0.15, 0.2) is 0 Å². The predicted molar refractivity (Wildman–Crippen MR) is 152 cm³/mol. The van der Waals surface area contributed by atoms with E-state index in [1.807, 2.05) is 13.8 Å². The maximum atomic E-state index is 11.9. The van der Waals surface area contributed by atoms with E-state index in [9.17, 15) is 9.59 Å². The molecule has 2 N–H and O–H groups in total. The first-order valence-corrected chi connectivity index (χ1v) is 14.9. The number of hydrogen-bond acceptors (Lipinski definition) is 7. The second-order valence-corrected chi connectivity index (χ2v) is 8.90. The Kier molecular flexibility index (Phi) is 28.5. The first kappa shape index (κ1) is 36.3. The van der Waals surface area contributed by atoms with E-state index in [1.165, 1.54) is 25.7 Å². The van der Waals surface area contributed by atoms with Crippen LogP contribution in [0.1, 0.15) is 91.4 Å². The van der Waals surface area contributed by atoms with Gasteiger partial charge in [-0.3, -0.25) is 4.79 Å². The van der Waals surface area contributed by atoms with Crippen LogP contribution in [0.4, 0.5) is 4.79 Å². The maximum Gasteiger partial charge on any atom is 0.407 e. The quantitative estimate of drug-likeness (QED) is 0.143. The second kappa shape index (κ2) is 29.9. The number of rotatable bonds is 22. The van der Waals surface area contributed by atoms with Gasteiger partial charge in [0.25, 0.3) is 0 Å². The van der Waals surface area contributed by atoms with Gasteiger partial charge in [-0.25, -0.2) is 4.79 Å². The molecular formula is C29H56N2O7. The van der Waals surface area contributed by atoms with Gasteiger partial charge in [0.05, 0.1) is 52.9 Å².